The lowest BCUT2D eigenvalue weighted by Crippen LogP contribution is -2.33. The summed E-state index contributed by atoms with van der Waals surface area (Å²) in [6.45, 7) is 4.25. The van der Waals surface area contributed by atoms with Crippen LogP contribution >= 0.6 is 0 Å². The van der Waals surface area contributed by atoms with Crippen molar-refractivity contribution in [2.24, 2.45) is 10.3 Å². The van der Waals surface area contributed by atoms with Gasteiger partial charge in [-0.05, 0) is 42.7 Å². The van der Waals surface area contributed by atoms with Crippen molar-refractivity contribution in [2.45, 2.75) is 31.7 Å². The molecule has 3 aromatic rings. The number of phenols is 1. The van der Waals surface area contributed by atoms with Crippen LogP contribution in [0.4, 0.5) is 10.1 Å². The average molecular weight is 445 g/mol. The zero-order chi connectivity index (χ0) is 22.5. The van der Waals surface area contributed by atoms with Crippen LogP contribution in [0.5, 0.6) is 11.5 Å². The first-order chi connectivity index (χ1) is 14.6. The molecule has 1 aliphatic rings. The van der Waals surface area contributed by atoms with Crippen LogP contribution in [0.2, 0.25) is 0 Å². The molecule has 3 N–H and O–H groups in total. The molecule has 1 aliphatic heterocycles. The fraction of sp³-hybridized carbons (Fsp3) is 0.238. The lowest BCUT2D eigenvalue weighted by molar-refractivity contribution is 0.459. The number of nitrogens with zero attached hydrogens (tertiary/aromatic N) is 2. The lowest BCUT2D eigenvalue weighted by atomic mass is 10.1. The van der Waals surface area contributed by atoms with Gasteiger partial charge in [-0.25, -0.2) is 4.39 Å². The third kappa shape index (κ3) is 3.52. The molecule has 0 saturated heterocycles. The molecule has 1 aromatic heterocycles. The number of hydrogen-bond donors (Lipinski definition) is 3. The number of aromatic hydroxyl groups is 2. The van der Waals surface area contributed by atoms with Crippen LogP contribution in [0, 0.1) is 11.7 Å². The highest BCUT2D eigenvalue weighted by molar-refractivity contribution is 7.90. The van der Waals surface area contributed by atoms with Crippen LogP contribution < -0.4 is 10.9 Å². The van der Waals surface area contributed by atoms with Gasteiger partial charge in [-0.3, -0.25) is 4.79 Å². The normalized spacial score (nSPS) is 14.9. The molecule has 0 amide bonds. The Morgan fingerprint density at radius 1 is 1.19 bits per heavy atom. The van der Waals surface area contributed by atoms with E-state index in [-0.39, 0.29) is 29.1 Å². The molecule has 0 aliphatic carbocycles. The molecule has 10 heteroatoms. The number of anilines is 1. The average Bonchev–Trinajstić information content (AvgIpc) is 2.67. The Labute approximate surface area is 177 Å². The molecule has 0 fully saturated rings. The highest BCUT2D eigenvalue weighted by Gasteiger charge is 2.32. The quantitative estimate of drug-likeness (QED) is 0.567. The van der Waals surface area contributed by atoms with Gasteiger partial charge in [0.25, 0.3) is 15.6 Å². The predicted octanol–water partition coefficient (Wildman–Crippen LogP) is 3.16. The van der Waals surface area contributed by atoms with Crippen LogP contribution in [0.25, 0.3) is 10.9 Å². The molecule has 0 unspecified atom stereocenters. The van der Waals surface area contributed by atoms with Crippen molar-refractivity contribution in [3.05, 3.63) is 58.1 Å². The summed E-state index contributed by atoms with van der Waals surface area (Å²) in [6, 6.07) is 7.69. The fourth-order valence-electron chi connectivity index (χ4n) is 3.56. The second-order valence-corrected chi connectivity index (χ2v) is 9.26. The molecule has 0 saturated carbocycles. The minimum Gasteiger partial charge on any atom is -0.506 e. The number of benzene rings is 2. The van der Waals surface area contributed by atoms with E-state index in [9.17, 15) is 27.8 Å². The monoisotopic (exact) mass is 445 g/mol. The van der Waals surface area contributed by atoms with E-state index in [0.29, 0.717) is 11.9 Å². The molecule has 8 nitrogen and oxygen atoms in total. The van der Waals surface area contributed by atoms with Gasteiger partial charge in [-0.15, -0.1) is 4.40 Å². The summed E-state index contributed by atoms with van der Waals surface area (Å²) in [4.78, 5) is 12.9. The molecule has 0 atom stereocenters. The topological polar surface area (TPSA) is 121 Å². The summed E-state index contributed by atoms with van der Waals surface area (Å²) in [7, 11) is -4.36. The van der Waals surface area contributed by atoms with Crippen LogP contribution in [-0.2, 0) is 16.6 Å². The van der Waals surface area contributed by atoms with E-state index < -0.39 is 43.6 Å². The van der Waals surface area contributed by atoms with Crippen LogP contribution in [-0.4, -0.2) is 29.0 Å². The number of aryl methyl sites for hydroxylation is 1. The Hall–Kier alpha value is -3.40. The standard InChI is InChI=1S/C21H20FN3O5S/c1-11(2)8-9-25-15-7-6-12(22)10-13(15)18(27)17(21(25)28)20-23-14-4-3-5-16(26)19(14)31(29,30)24-20/h3-7,10-11,26-27H,8-9H2,1-2H3,(H,23,24). The van der Waals surface area contributed by atoms with E-state index in [2.05, 4.69) is 9.71 Å². The van der Waals surface area contributed by atoms with Gasteiger partial charge in [0.1, 0.15) is 22.9 Å². The first kappa shape index (κ1) is 20.9. The minimum atomic E-state index is -4.36. The summed E-state index contributed by atoms with van der Waals surface area (Å²) >= 11 is 0. The zero-order valence-electron chi connectivity index (χ0n) is 16.8. The van der Waals surface area contributed by atoms with E-state index in [4.69, 9.17) is 0 Å². The van der Waals surface area contributed by atoms with Crippen molar-refractivity contribution in [3.63, 3.8) is 0 Å². The Kier molecular flexibility index (Phi) is 4.97. The maximum Gasteiger partial charge on any atom is 0.290 e. The van der Waals surface area contributed by atoms with E-state index in [1.54, 1.807) is 0 Å². The van der Waals surface area contributed by atoms with Gasteiger partial charge >= 0.3 is 0 Å². The van der Waals surface area contributed by atoms with E-state index in [1.165, 1.54) is 34.9 Å². The molecular formula is C21H20FN3O5S. The van der Waals surface area contributed by atoms with Crippen LogP contribution in [0.1, 0.15) is 25.8 Å². The van der Waals surface area contributed by atoms with Gasteiger partial charge in [0.15, 0.2) is 10.7 Å². The number of halogens is 1. The summed E-state index contributed by atoms with van der Waals surface area (Å²) in [5.41, 5.74) is -0.718. The second kappa shape index (κ2) is 7.38. The SMILES string of the molecule is CC(C)CCn1c(=O)c(C2=NS(=O)(=O)c3c(O)cccc3N2)c(O)c2cc(F)ccc21. The maximum atomic E-state index is 13.9. The highest BCUT2D eigenvalue weighted by atomic mass is 32.2. The number of rotatable bonds is 4. The summed E-state index contributed by atoms with van der Waals surface area (Å²) in [5, 5.41) is 23.6. The third-order valence-corrected chi connectivity index (χ3v) is 6.45. The van der Waals surface area contributed by atoms with Crippen LogP contribution in [0.15, 0.2) is 50.5 Å². The van der Waals surface area contributed by atoms with Crippen molar-refractivity contribution in [1.29, 1.82) is 0 Å². The minimum absolute atomic E-state index is 0.0110. The molecule has 2 heterocycles. The third-order valence-electron chi connectivity index (χ3n) is 5.08. The second-order valence-electron chi connectivity index (χ2n) is 7.72. The van der Waals surface area contributed by atoms with Gasteiger partial charge in [0.05, 0.1) is 11.2 Å². The van der Waals surface area contributed by atoms with Crippen LogP contribution in [0.3, 0.4) is 0 Å². The maximum absolute atomic E-state index is 13.9. The highest BCUT2D eigenvalue weighted by Crippen LogP contribution is 2.37. The Morgan fingerprint density at radius 2 is 1.94 bits per heavy atom. The van der Waals surface area contributed by atoms with Gasteiger partial charge in [-0.2, -0.15) is 8.42 Å². The van der Waals surface area contributed by atoms with Crippen molar-refractivity contribution in [2.75, 3.05) is 5.32 Å². The largest absolute Gasteiger partial charge is 0.506 e. The van der Waals surface area contributed by atoms with Crippen molar-refractivity contribution >= 4 is 32.4 Å². The number of phenolic OH excluding ortho intramolecular Hbond substituents is 1. The number of pyridine rings is 1. The van der Waals surface area contributed by atoms with Crippen molar-refractivity contribution in [1.82, 2.24) is 4.57 Å². The number of amidine groups is 1. The summed E-state index contributed by atoms with van der Waals surface area (Å²) in [6.07, 6.45) is 0.630. The number of nitrogens with one attached hydrogen (secondary N) is 1. The van der Waals surface area contributed by atoms with Crippen molar-refractivity contribution < 1.29 is 23.0 Å². The lowest BCUT2D eigenvalue weighted by Gasteiger charge is -2.21. The Bertz CT molecular complexity index is 1410. The molecule has 2 aromatic carbocycles. The van der Waals surface area contributed by atoms with Gasteiger partial charge in [0, 0.05) is 11.9 Å². The van der Waals surface area contributed by atoms with E-state index in [1.807, 2.05) is 13.8 Å². The van der Waals surface area contributed by atoms with E-state index >= 15 is 0 Å². The van der Waals surface area contributed by atoms with Gasteiger partial charge in [-0.1, -0.05) is 19.9 Å². The summed E-state index contributed by atoms with van der Waals surface area (Å²) in [5.74, 6) is -1.83. The molecular weight excluding hydrogens is 425 g/mol. The smallest absolute Gasteiger partial charge is 0.290 e. The molecule has 0 radical (unpaired) electrons. The molecule has 162 valence electrons. The molecule has 0 bridgehead atoms. The first-order valence-corrected chi connectivity index (χ1v) is 11.0. The van der Waals surface area contributed by atoms with E-state index in [0.717, 1.165) is 6.07 Å². The molecule has 0 spiro atoms. The summed E-state index contributed by atoms with van der Waals surface area (Å²) < 4.78 is 44.3. The van der Waals surface area contributed by atoms with Crippen molar-refractivity contribution in [3.8, 4) is 11.5 Å². The molecule has 4 rings (SSSR count). The molecule has 31 heavy (non-hydrogen) atoms. The number of aromatic nitrogens is 1. The Balaban J connectivity index is 2.01. The predicted molar refractivity (Wildman–Crippen MR) is 115 cm³/mol. The number of fused-ring (bicyclic) bond motifs is 2. The number of hydrogen-bond acceptors (Lipinski definition) is 6. The zero-order valence-corrected chi connectivity index (χ0v) is 17.6. The Morgan fingerprint density at radius 3 is 2.65 bits per heavy atom. The van der Waals surface area contributed by atoms with Gasteiger partial charge < -0.3 is 20.1 Å². The van der Waals surface area contributed by atoms with Gasteiger partial charge in [0.2, 0.25) is 0 Å². The number of sulfonamides is 1. The first-order valence-electron chi connectivity index (χ1n) is 9.59. The fourth-order valence-corrected chi connectivity index (χ4v) is 4.75.